The minimum absolute atomic E-state index is 0.411. The zero-order valence-electron chi connectivity index (χ0n) is 15.5. The predicted molar refractivity (Wildman–Crippen MR) is 97.2 cm³/mol. The van der Waals surface area contributed by atoms with Crippen molar-refractivity contribution in [2.24, 2.45) is 4.99 Å². The Labute approximate surface area is 141 Å². The van der Waals surface area contributed by atoms with Crippen LogP contribution in [0.1, 0.15) is 56.4 Å². The smallest absolute Gasteiger partial charge is 0.191 e. The van der Waals surface area contributed by atoms with Crippen LogP contribution in [0.25, 0.3) is 0 Å². The maximum Gasteiger partial charge on any atom is 0.191 e. The molecule has 130 valence electrons. The molecule has 1 aromatic heterocycles. The Morgan fingerprint density at radius 3 is 2.70 bits per heavy atom. The van der Waals surface area contributed by atoms with Crippen molar-refractivity contribution in [1.82, 2.24) is 15.6 Å². The van der Waals surface area contributed by atoms with E-state index >= 15 is 0 Å². The third-order valence-corrected chi connectivity index (χ3v) is 4.02. The van der Waals surface area contributed by atoms with Crippen molar-refractivity contribution < 1.29 is 4.74 Å². The van der Waals surface area contributed by atoms with Gasteiger partial charge < -0.3 is 15.4 Å². The Hall–Kier alpha value is -1.78. The van der Waals surface area contributed by atoms with Gasteiger partial charge in [-0.05, 0) is 27.2 Å². The summed E-state index contributed by atoms with van der Waals surface area (Å²) in [5.74, 6) is 1.72. The normalized spacial score (nSPS) is 12.9. The standard InChI is InChI=1S/C18H32N4O/c1-7-8-9-10-14(3)22-18(19-5)21-12-16-15(4)17(23-6)13(2)11-20-16/h11,14H,7-10,12H2,1-6H3,(H2,19,21,22). The molecule has 0 aliphatic carbocycles. The molecule has 23 heavy (non-hydrogen) atoms. The summed E-state index contributed by atoms with van der Waals surface area (Å²) in [4.78, 5) is 8.80. The number of aromatic nitrogens is 1. The fourth-order valence-electron chi connectivity index (χ4n) is 2.62. The summed E-state index contributed by atoms with van der Waals surface area (Å²) in [5.41, 5.74) is 3.11. The average Bonchev–Trinajstić information content (AvgIpc) is 2.53. The number of aryl methyl sites for hydroxylation is 1. The number of unbranched alkanes of at least 4 members (excludes halogenated alkanes) is 2. The number of methoxy groups -OCH3 is 1. The zero-order valence-corrected chi connectivity index (χ0v) is 15.5. The first kappa shape index (κ1) is 19.3. The van der Waals surface area contributed by atoms with Gasteiger partial charge in [0.05, 0.1) is 19.3 Å². The van der Waals surface area contributed by atoms with E-state index in [1.807, 2.05) is 20.0 Å². The third kappa shape index (κ3) is 6.08. The molecule has 0 aliphatic heterocycles. The van der Waals surface area contributed by atoms with Crippen LogP contribution in [0.2, 0.25) is 0 Å². The van der Waals surface area contributed by atoms with E-state index in [0.29, 0.717) is 12.6 Å². The van der Waals surface area contributed by atoms with E-state index < -0.39 is 0 Å². The van der Waals surface area contributed by atoms with E-state index in [4.69, 9.17) is 4.74 Å². The highest BCUT2D eigenvalue weighted by molar-refractivity contribution is 5.79. The Kier molecular flexibility index (Phi) is 8.45. The number of nitrogens with zero attached hydrogens (tertiary/aromatic N) is 2. The quantitative estimate of drug-likeness (QED) is 0.438. The van der Waals surface area contributed by atoms with Gasteiger partial charge in [-0.2, -0.15) is 0 Å². The molecule has 1 aromatic rings. The van der Waals surface area contributed by atoms with Gasteiger partial charge in [-0.25, -0.2) is 0 Å². The van der Waals surface area contributed by atoms with E-state index in [1.54, 1.807) is 14.2 Å². The zero-order chi connectivity index (χ0) is 17.2. The number of pyridine rings is 1. The lowest BCUT2D eigenvalue weighted by Crippen LogP contribution is -2.42. The SMILES string of the molecule is CCCCCC(C)NC(=NC)NCc1ncc(C)c(OC)c1C. The molecule has 0 radical (unpaired) electrons. The molecule has 0 amide bonds. The molecule has 5 heteroatoms. The van der Waals surface area contributed by atoms with Crippen molar-refractivity contribution >= 4 is 5.96 Å². The first-order valence-electron chi connectivity index (χ1n) is 8.49. The van der Waals surface area contributed by atoms with Crippen LogP contribution < -0.4 is 15.4 Å². The van der Waals surface area contributed by atoms with Crippen molar-refractivity contribution in [1.29, 1.82) is 0 Å². The molecule has 1 atom stereocenters. The number of rotatable bonds is 8. The van der Waals surface area contributed by atoms with E-state index in [-0.39, 0.29) is 0 Å². The molecular weight excluding hydrogens is 288 g/mol. The van der Waals surface area contributed by atoms with Gasteiger partial charge >= 0.3 is 0 Å². The Morgan fingerprint density at radius 1 is 1.35 bits per heavy atom. The Bertz CT molecular complexity index is 514. The number of aliphatic imine (C=N–C) groups is 1. The largest absolute Gasteiger partial charge is 0.496 e. The fourth-order valence-corrected chi connectivity index (χ4v) is 2.62. The molecule has 2 N–H and O–H groups in total. The molecule has 0 saturated carbocycles. The van der Waals surface area contributed by atoms with Gasteiger partial charge in [0.15, 0.2) is 5.96 Å². The maximum atomic E-state index is 5.46. The summed E-state index contributed by atoms with van der Waals surface area (Å²) in [7, 11) is 3.50. The molecule has 1 rings (SSSR count). The molecule has 0 fully saturated rings. The van der Waals surface area contributed by atoms with Crippen LogP contribution in [0, 0.1) is 13.8 Å². The maximum absolute atomic E-state index is 5.46. The second-order valence-corrected chi connectivity index (χ2v) is 6.01. The first-order valence-corrected chi connectivity index (χ1v) is 8.49. The molecule has 0 aromatic carbocycles. The highest BCUT2D eigenvalue weighted by Gasteiger charge is 2.10. The van der Waals surface area contributed by atoms with Gasteiger partial charge in [-0.3, -0.25) is 9.98 Å². The monoisotopic (exact) mass is 320 g/mol. The Balaban J connectivity index is 2.58. The number of ether oxygens (including phenoxy) is 1. The molecule has 0 aliphatic rings. The van der Waals surface area contributed by atoms with Crippen molar-refractivity contribution in [2.45, 2.75) is 66.0 Å². The first-order chi connectivity index (χ1) is 11.0. The van der Waals surface area contributed by atoms with Crippen LogP contribution in [0.4, 0.5) is 0 Å². The highest BCUT2D eigenvalue weighted by atomic mass is 16.5. The molecule has 0 bridgehead atoms. The minimum atomic E-state index is 0.411. The lowest BCUT2D eigenvalue weighted by atomic mass is 10.1. The lowest BCUT2D eigenvalue weighted by Gasteiger charge is -2.18. The van der Waals surface area contributed by atoms with Crippen LogP contribution in [-0.2, 0) is 6.54 Å². The van der Waals surface area contributed by atoms with Crippen LogP contribution in [0.5, 0.6) is 5.75 Å². The highest BCUT2D eigenvalue weighted by Crippen LogP contribution is 2.23. The van der Waals surface area contributed by atoms with Gasteiger partial charge in [-0.1, -0.05) is 26.2 Å². The second kappa shape index (κ2) is 10.1. The molecule has 0 spiro atoms. The summed E-state index contributed by atoms with van der Waals surface area (Å²) >= 11 is 0. The van der Waals surface area contributed by atoms with Crippen LogP contribution in [-0.4, -0.2) is 31.1 Å². The van der Waals surface area contributed by atoms with Gasteiger partial charge in [0.2, 0.25) is 0 Å². The summed E-state index contributed by atoms with van der Waals surface area (Å²) in [6.07, 6.45) is 6.79. The summed E-state index contributed by atoms with van der Waals surface area (Å²) in [5, 5.41) is 6.77. The number of hydrogen-bond donors (Lipinski definition) is 2. The Morgan fingerprint density at radius 2 is 2.09 bits per heavy atom. The van der Waals surface area contributed by atoms with E-state index in [9.17, 15) is 0 Å². The van der Waals surface area contributed by atoms with Crippen LogP contribution in [0.15, 0.2) is 11.2 Å². The second-order valence-electron chi connectivity index (χ2n) is 6.01. The molecule has 1 heterocycles. The molecule has 1 unspecified atom stereocenters. The van der Waals surface area contributed by atoms with Crippen molar-refractivity contribution in [3.63, 3.8) is 0 Å². The van der Waals surface area contributed by atoms with E-state index in [0.717, 1.165) is 35.0 Å². The van der Waals surface area contributed by atoms with Gasteiger partial charge in [0.25, 0.3) is 0 Å². The number of hydrogen-bond acceptors (Lipinski definition) is 3. The third-order valence-electron chi connectivity index (χ3n) is 4.02. The minimum Gasteiger partial charge on any atom is -0.496 e. The van der Waals surface area contributed by atoms with E-state index in [2.05, 4.69) is 34.5 Å². The lowest BCUT2D eigenvalue weighted by molar-refractivity contribution is 0.406. The topological polar surface area (TPSA) is 58.5 Å². The van der Waals surface area contributed by atoms with Gasteiger partial charge in [-0.15, -0.1) is 0 Å². The number of nitrogens with one attached hydrogen (secondary N) is 2. The molecule has 5 nitrogen and oxygen atoms in total. The number of guanidine groups is 1. The van der Waals surface area contributed by atoms with Crippen LogP contribution in [0.3, 0.4) is 0 Å². The van der Waals surface area contributed by atoms with E-state index in [1.165, 1.54) is 19.3 Å². The van der Waals surface area contributed by atoms with Crippen LogP contribution >= 0.6 is 0 Å². The van der Waals surface area contributed by atoms with Crippen molar-refractivity contribution in [3.8, 4) is 5.75 Å². The van der Waals surface area contributed by atoms with Gasteiger partial charge in [0, 0.05) is 30.4 Å². The van der Waals surface area contributed by atoms with Crippen molar-refractivity contribution in [2.75, 3.05) is 14.2 Å². The average molecular weight is 320 g/mol. The summed E-state index contributed by atoms with van der Waals surface area (Å²) in [6, 6.07) is 0.411. The summed E-state index contributed by atoms with van der Waals surface area (Å²) in [6.45, 7) is 9.10. The molecule has 0 saturated heterocycles. The summed E-state index contributed by atoms with van der Waals surface area (Å²) < 4.78 is 5.46. The van der Waals surface area contributed by atoms with Gasteiger partial charge in [0.1, 0.15) is 5.75 Å². The fraction of sp³-hybridized carbons (Fsp3) is 0.667. The predicted octanol–water partition coefficient (Wildman–Crippen LogP) is 3.34. The van der Waals surface area contributed by atoms with Crippen molar-refractivity contribution in [3.05, 3.63) is 23.0 Å². The molecular formula is C18H32N4O.